The highest BCUT2D eigenvalue weighted by atomic mass is 16.6. The van der Waals surface area contributed by atoms with E-state index in [0.717, 1.165) is 44.4 Å². The summed E-state index contributed by atoms with van der Waals surface area (Å²) < 4.78 is 10.5. The summed E-state index contributed by atoms with van der Waals surface area (Å²) in [6.45, 7) is 6.43. The lowest BCUT2D eigenvalue weighted by Crippen LogP contribution is -2.28. The van der Waals surface area contributed by atoms with Crippen molar-refractivity contribution >= 4 is 11.9 Å². The topological polar surface area (TPSA) is 72.8 Å². The summed E-state index contributed by atoms with van der Waals surface area (Å²) in [7, 11) is 0. The van der Waals surface area contributed by atoms with E-state index in [0.29, 0.717) is 12.8 Å². The minimum absolute atomic E-state index is 0.0595. The number of carbonyl (C=O) groups excluding carboxylic acids is 2. The molecular formula is C31H60O5. The zero-order valence-corrected chi connectivity index (χ0v) is 24.2. The van der Waals surface area contributed by atoms with E-state index in [1.54, 1.807) is 0 Å². The first-order chi connectivity index (χ1) is 17.5. The number of aliphatic hydroxyl groups is 1. The Morgan fingerprint density at radius 1 is 0.611 bits per heavy atom. The van der Waals surface area contributed by atoms with E-state index >= 15 is 0 Å². The van der Waals surface area contributed by atoms with Gasteiger partial charge in [-0.25, -0.2) is 0 Å². The number of ether oxygens (including phenoxy) is 2. The van der Waals surface area contributed by atoms with Gasteiger partial charge < -0.3 is 14.6 Å². The first-order valence-corrected chi connectivity index (χ1v) is 15.5. The Hall–Kier alpha value is -1.10. The molecule has 0 bridgehead atoms. The fourth-order valence-corrected chi connectivity index (χ4v) is 4.44. The molecule has 0 aromatic heterocycles. The molecule has 36 heavy (non-hydrogen) atoms. The minimum atomic E-state index is -0.759. The molecule has 0 unspecified atom stereocenters. The smallest absolute Gasteiger partial charge is 0.306 e. The molecule has 0 rings (SSSR count). The van der Waals surface area contributed by atoms with Crippen LogP contribution in [0.25, 0.3) is 0 Å². The van der Waals surface area contributed by atoms with Gasteiger partial charge in [0.2, 0.25) is 0 Å². The largest absolute Gasteiger partial charge is 0.462 e. The third-order valence-electron chi connectivity index (χ3n) is 6.83. The van der Waals surface area contributed by atoms with Gasteiger partial charge in [-0.15, -0.1) is 0 Å². The molecule has 0 aliphatic carbocycles. The summed E-state index contributed by atoms with van der Waals surface area (Å²) in [5.74, 6) is 0.239. The number of hydrogen-bond acceptors (Lipinski definition) is 5. The van der Waals surface area contributed by atoms with Crippen LogP contribution in [0.1, 0.15) is 162 Å². The van der Waals surface area contributed by atoms with Gasteiger partial charge in [-0.05, 0) is 18.8 Å². The van der Waals surface area contributed by atoms with Crippen LogP contribution < -0.4 is 0 Å². The summed E-state index contributed by atoms with van der Waals surface area (Å²) in [5, 5.41) is 9.45. The normalized spacial score (nSPS) is 12.1. The van der Waals surface area contributed by atoms with Crippen LogP contribution in [0, 0.1) is 5.92 Å². The van der Waals surface area contributed by atoms with Crippen LogP contribution in [0.5, 0.6) is 0 Å². The first kappa shape index (κ1) is 34.9. The highest BCUT2D eigenvalue weighted by molar-refractivity contribution is 5.70. The van der Waals surface area contributed by atoms with Gasteiger partial charge >= 0.3 is 11.9 Å². The average Bonchev–Trinajstić information content (AvgIpc) is 2.85. The molecule has 0 aliphatic rings. The Morgan fingerprint density at radius 3 is 1.47 bits per heavy atom. The van der Waals surface area contributed by atoms with Crippen molar-refractivity contribution < 1.29 is 24.2 Å². The predicted octanol–water partition coefficient (Wildman–Crippen LogP) is 8.69. The van der Waals surface area contributed by atoms with Gasteiger partial charge in [-0.2, -0.15) is 0 Å². The Labute approximate surface area is 223 Å². The molecule has 0 amide bonds. The maximum absolute atomic E-state index is 12.0. The molecule has 5 heteroatoms. The van der Waals surface area contributed by atoms with Crippen molar-refractivity contribution in [1.29, 1.82) is 0 Å². The zero-order chi connectivity index (χ0) is 26.7. The molecule has 5 nitrogen and oxygen atoms in total. The Bertz CT molecular complexity index is 491. The van der Waals surface area contributed by atoms with Gasteiger partial charge in [0, 0.05) is 12.8 Å². The quantitative estimate of drug-likeness (QED) is 0.0880. The maximum atomic E-state index is 12.0. The summed E-state index contributed by atoms with van der Waals surface area (Å²) in [6, 6.07) is 0. The number of carbonyl (C=O) groups is 2. The Morgan fingerprint density at radius 2 is 1.03 bits per heavy atom. The van der Waals surface area contributed by atoms with Crippen LogP contribution in [0.4, 0.5) is 0 Å². The maximum Gasteiger partial charge on any atom is 0.306 e. The molecule has 0 radical (unpaired) electrons. The van der Waals surface area contributed by atoms with Crippen LogP contribution in [0.2, 0.25) is 0 Å². The summed E-state index contributed by atoms with van der Waals surface area (Å²) >= 11 is 0. The van der Waals surface area contributed by atoms with Crippen molar-refractivity contribution in [3.05, 3.63) is 0 Å². The average molecular weight is 513 g/mol. The highest BCUT2D eigenvalue weighted by Gasteiger charge is 2.16. The zero-order valence-electron chi connectivity index (χ0n) is 24.2. The van der Waals surface area contributed by atoms with Crippen molar-refractivity contribution in [2.75, 3.05) is 13.2 Å². The molecule has 1 N–H and O–H groups in total. The number of esters is 2. The van der Waals surface area contributed by atoms with E-state index in [9.17, 15) is 14.7 Å². The molecule has 0 aromatic carbocycles. The summed E-state index contributed by atoms with van der Waals surface area (Å²) in [4.78, 5) is 24.0. The van der Waals surface area contributed by atoms with Crippen LogP contribution in [0.3, 0.4) is 0 Å². The van der Waals surface area contributed by atoms with Crippen molar-refractivity contribution in [2.45, 2.75) is 168 Å². The summed E-state index contributed by atoms with van der Waals surface area (Å²) in [6.07, 6.45) is 24.4. The number of aliphatic hydroxyl groups excluding tert-OH is 1. The van der Waals surface area contributed by atoms with E-state index < -0.39 is 6.10 Å². The lowest BCUT2D eigenvalue weighted by atomic mass is 10.0. The molecule has 214 valence electrons. The number of unbranched alkanes of at least 4 members (excludes halogenated alkanes) is 17. The number of hydrogen-bond donors (Lipinski definition) is 1. The molecule has 0 heterocycles. The van der Waals surface area contributed by atoms with E-state index in [4.69, 9.17) is 9.47 Å². The standard InChI is InChI=1S/C31H60O5/c1-4-5-6-7-8-11-16-19-22-25-31(34)36-29(26-32)27-35-30(33)24-21-18-15-13-10-9-12-14-17-20-23-28(2)3/h28-29,32H,4-27H2,1-3H3/t29-/m0/s1. The predicted molar refractivity (Wildman–Crippen MR) is 150 cm³/mol. The van der Waals surface area contributed by atoms with Gasteiger partial charge in [0.15, 0.2) is 6.10 Å². The van der Waals surface area contributed by atoms with Gasteiger partial charge in [0.05, 0.1) is 6.61 Å². The second-order valence-electron chi connectivity index (χ2n) is 11.0. The highest BCUT2D eigenvalue weighted by Crippen LogP contribution is 2.14. The van der Waals surface area contributed by atoms with Gasteiger partial charge in [-0.3, -0.25) is 9.59 Å². The SMILES string of the molecule is CCCCCCCCCCCC(=O)O[C@@H](CO)COC(=O)CCCCCCCCCCCCC(C)C. The molecule has 0 fully saturated rings. The third-order valence-corrected chi connectivity index (χ3v) is 6.83. The fraction of sp³-hybridized carbons (Fsp3) is 0.935. The van der Waals surface area contributed by atoms with Gasteiger partial charge in [-0.1, -0.05) is 136 Å². The molecule has 0 saturated carbocycles. The second kappa shape index (κ2) is 26.9. The molecular weight excluding hydrogens is 452 g/mol. The van der Waals surface area contributed by atoms with E-state index in [2.05, 4.69) is 20.8 Å². The van der Waals surface area contributed by atoms with Crippen LogP contribution in [-0.2, 0) is 19.1 Å². The van der Waals surface area contributed by atoms with E-state index in [-0.39, 0.29) is 25.2 Å². The summed E-state index contributed by atoms with van der Waals surface area (Å²) in [5.41, 5.74) is 0. The van der Waals surface area contributed by atoms with Gasteiger partial charge in [0.25, 0.3) is 0 Å². The minimum Gasteiger partial charge on any atom is -0.462 e. The van der Waals surface area contributed by atoms with Crippen molar-refractivity contribution in [1.82, 2.24) is 0 Å². The molecule has 0 aliphatic heterocycles. The molecule has 0 saturated heterocycles. The third kappa shape index (κ3) is 26.0. The number of rotatable bonds is 27. The van der Waals surface area contributed by atoms with Crippen molar-refractivity contribution in [3.63, 3.8) is 0 Å². The van der Waals surface area contributed by atoms with Crippen LogP contribution >= 0.6 is 0 Å². The van der Waals surface area contributed by atoms with Crippen molar-refractivity contribution in [2.24, 2.45) is 5.92 Å². The monoisotopic (exact) mass is 512 g/mol. The van der Waals surface area contributed by atoms with E-state index in [1.807, 2.05) is 0 Å². The molecule has 1 atom stereocenters. The van der Waals surface area contributed by atoms with Crippen LogP contribution in [0.15, 0.2) is 0 Å². The van der Waals surface area contributed by atoms with E-state index in [1.165, 1.54) is 89.9 Å². The molecule has 0 aromatic rings. The Kier molecular flexibility index (Phi) is 26.1. The van der Waals surface area contributed by atoms with Crippen LogP contribution in [-0.4, -0.2) is 36.4 Å². The second-order valence-corrected chi connectivity index (χ2v) is 11.0. The fourth-order valence-electron chi connectivity index (χ4n) is 4.44. The lowest BCUT2D eigenvalue weighted by Gasteiger charge is -2.15. The lowest BCUT2D eigenvalue weighted by molar-refractivity contribution is -0.161. The van der Waals surface area contributed by atoms with Crippen molar-refractivity contribution in [3.8, 4) is 0 Å². The Balaban J connectivity index is 3.56. The first-order valence-electron chi connectivity index (χ1n) is 15.5. The van der Waals surface area contributed by atoms with Gasteiger partial charge in [0.1, 0.15) is 6.61 Å². The molecule has 0 spiro atoms.